The maximum atomic E-state index is 13.1. The van der Waals surface area contributed by atoms with Gasteiger partial charge in [-0.25, -0.2) is 0 Å². The van der Waals surface area contributed by atoms with Crippen LogP contribution in [-0.2, 0) is 16.0 Å². The van der Waals surface area contributed by atoms with E-state index < -0.39 is 11.9 Å². The monoisotopic (exact) mass is 375 g/mol. The SMILES string of the molecule is O=C(CCc1ccccc1)C1=C(O)C(=O)N(C2CCCC2)C1c1ccccc1. The third kappa shape index (κ3) is 3.47. The topological polar surface area (TPSA) is 57.6 Å². The Bertz CT molecular complexity index is 883. The summed E-state index contributed by atoms with van der Waals surface area (Å²) in [6.45, 7) is 0. The Morgan fingerprint density at radius 1 is 0.964 bits per heavy atom. The number of hydrogen-bond acceptors (Lipinski definition) is 3. The second kappa shape index (κ2) is 8.01. The fraction of sp³-hybridized carbons (Fsp3) is 0.333. The van der Waals surface area contributed by atoms with E-state index in [4.69, 9.17) is 0 Å². The van der Waals surface area contributed by atoms with Crippen LogP contribution in [0.4, 0.5) is 0 Å². The summed E-state index contributed by atoms with van der Waals surface area (Å²) >= 11 is 0. The van der Waals surface area contributed by atoms with Gasteiger partial charge in [-0.3, -0.25) is 9.59 Å². The van der Waals surface area contributed by atoms with E-state index in [0.29, 0.717) is 6.42 Å². The van der Waals surface area contributed by atoms with Gasteiger partial charge in [0.05, 0.1) is 11.6 Å². The van der Waals surface area contributed by atoms with Crippen LogP contribution in [0.25, 0.3) is 0 Å². The average molecular weight is 375 g/mol. The molecule has 1 saturated carbocycles. The van der Waals surface area contributed by atoms with Crippen LogP contribution in [0, 0.1) is 0 Å². The molecule has 1 fully saturated rings. The molecule has 2 aromatic rings. The molecular formula is C24H25NO3. The number of aliphatic hydroxyl groups excluding tert-OH is 1. The van der Waals surface area contributed by atoms with Crippen molar-refractivity contribution in [2.24, 2.45) is 0 Å². The number of nitrogens with zero attached hydrogens (tertiary/aromatic N) is 1. The number of ketones is 1. The second-order valence-corrected chi connectivity index (χ2v) is 7.63. The molecule has 0 aromatic heterocycles. The molecule has 1 aliphatic carbocycles. The van der Waals surface area contributed by atoms with Crippen molar-refractivity contribution in [1.82, 2.24) is 4.90 Å². The van der Waals surface area contributed by atoms with Crippen LogP contribution in [-0.4, -0.2) is 27.7 Å². The van der Waals surface area contributed by atoms with Crippen molar-refractivity contribution in [3.63, 3.8) is 0 Å². The summed E-state index contributed by atoms with van der Waals surface area (Å²) in [5.74, 6) is -0.910. The van der Waals surface area contributed by atoms with Crippen LogP contribution in [0.1, 0.15) is 49.3 Å². The van der Waals surface area contributed by atoms with Gasteiger partial charge in [-0.15, -0.1) is 0 Å². The molecule has 4 nitrogen and oxygen atoms in total. The average Bonchev–Trinajstić information content (AvgIpc) is 3.35. The smallest absolute Gasteiger partial charge is 0.290 e. The number of carbonyl (C=O) groups is 2. The maximum absolute atomic E-state index is 13.1. The maximum Gasteiger partial charge on any atom is 0.290 e. The van der Waals surface area contributed by atoms with E-state index in [0.717, 1.165) is 36.8 Å². The lowest BCUT2D eigenvalue weighted by atomic mass is 9.92. The predicted octanol–water partition coefficient (Wildman–Crippen LogP) is 4.53. The number of aliphatic hydroxyl groups is 1. The van der Waals surface area contributed by atoms with Gasteiger partial charge in [0.2, 0.25) is 0 Å². The molecule has 1 heterocycles. The van der Waals surface area contributed by atoms with Crippen LogP contribution in [0.2, 0.25) is 0 Å². The van der Waals surface area contributed by atoms with Crippen molar-refractivity contribution < 1.29 is 14.7 Å². The zero-order valence-corrected chi connectivity index (χ0v) is 15.9. The van der Waals surface area contributed by atoms with E-state index in [1.54, 1.807) is 4.90 Å². The van der Waals surface area contributed by atoms with Gasteiger partial charge in [0.15, 0.2) is 11.5 Å². The van der Waals surface area contributed by atoms with Gasteiger partial charge < -0.3 is 10.0 Å². The molecule has 1 N–H and O–H groups in total. The molecule has 1 unspecified atom stereocenters. The van der Waals surface area contributed by atoms with Crippen LogP contribution in [0.5, 0.6) is 0 Å². The molecular weight excluding hydrogens is 350 g/mol. The molecule has 0 saturated heterocycles. The molecule has 28 heavy (non-hydrogen) atoms. The molecule has 1 aliphatic heterocycles. The van der Waals surface area contributed by atoms with Gasteiger partial charge in [0.25, 0.3) is 5.91 Å². The standard InChI is InChI=1S/C24H25NO3/c26-20(16-15-17-9-3-1-4-10-17)21-22(18-11-5-2-6-12-18)25(24(28)23(21)27)19-13-7-8-14-19/h1-6,9-12,19,22,27H,7-8,13-16H2. The summed E-state index contributed by atoms with van der Waals surface area (Å²) in [4.78, 5) is 27.8. The van der Waals surface area contributed by atoms with Crippen molar-refractivity contribution >= 4 is 11.7 Å². The van der Waals surface area contributed by atoms with Crippen molar-refractivity contribution in [2.75, 3.05) is 0 Å². The first kappa shape index (κ1) is 18.5. The van der Waals surface area contributed by atoms with Gasteiger partial charge in [-0.05, 0) is 30.4 Å². The minimum absolute atomic E-state index is 0.0827. The van der Waals surface area contributed by atoms with Crippen LogP contribution >= 0.6 is 0 Å². The molecule has 0 bridgehead atoms. The largest absolute Gasteiger partial charge is 0.503 e. The van der Waals surface area contributed by atoms with Crippen molar-refractivity contribution in [2.45, 2.75) is 50.6 Å². The Morgan fingerprint density at radius 2 is 1.57 bits per heavy atom. The molecule has 1 amide bonds. The Labute approximate surface area is 165 Å². The summed E-state index contributed by atoms with van der Waals surface area (Å²) in [7, 11) is 0. The van der Waals surface area contributed by atoms with Crippen molar-refractivity contribution in [3.05, 3.63) is 83.1 Å². The van der Waals surface area contributed by atoms with Crippen LogP contribution in [0.3, 0.4) is 0 Å². The Morgan fingerprint density at radius 3 is 2.21 bits per heavy atom. The fourth-order valence-corrected chi connectivity index (χ4v) is 4.47. The molecule has 4 heteroatoms. The molecule has 2 aliphatic rings. The minimum atomic E-state index is -0.486. The lowest BCUT2D eigenvalue weighted by Gasteiger charge is -2.32. The molecule has 144 valence electrons. The normalized spacial score (nSPS) is 20.2. The molecule has 1 atom stereocenters. The van der Waals surface area contributed by atoms with Gasteiger partial charge in [-0.1, -0.05) is 73.5 Å². The number of aryl methyl sites for hydroxylation is 1. The highest BCUT2D eigenvalue weighted by molar-refractivity contribution is 6.09. The van der Waals surface area contributed by atoms with Gasteiger partial charge in [0, 0.05) is 12.5 Å². The number of amides is 1. The van der Waals surface area contributed by atoms with Gasteiger partial charge in [0.1, 0.15) is 0 Å². The minimum Gasteiger partial charge on any atom is -0.503 e. The number of carbonyl (C=O) groups excluding carboxylic acids is 2. The Balaban J connectivity index is 1.64. The molecule has 0 radical (unpaired) electrons. The van der Waals surface area contributed by atoms with E-state index in [9.17, 15) is 14.7 Å². The quantitative estimate of drug-likeness (QED) is 0.807. The Kier molecular flexibility index (Phi) is 5.29. The first-order chi connectivity index (χ1) is 13.7. The fourth-order valence-electron chi connectivity index (χ4n) is 4.47. The summed E-state index contributed by atoms with van der Waals surface area (Å²) in [6.07, 6.45) is 4.87. The van der Waals surface area contributed by atoms with E-state index in [2.05, 4.69) is 0 Å². The first-order valence-corrected chi connectivity index (χ1v) is 10.0. The van der Waals surface area contributed by atoms with Crippen molar-refractivity contribution in [3.8, 4) is 0 Å². The number of hydrogen-bond donors (Lipinski definition) is 1. The third-order valence-corrected chi connectivity index (χ3v) is 5.86. The zero-order valence-electron chi connectivity index (χ0n) is 15.9. The zero-order chi connectivity index (χ0) is 19.5. The summed E-state index contributed by atoms with van der Waals surface area (Å²) in [6, 6.07) is 19.0. The van der Waals surface area contributed by atoms with E-state index in [1.165, 1.54) is 0 Å². The lowest BCUT2D eigenvalue weighted by molar-refractivity contribution is -0.131. The van der Waals surface area contributed by atoms with Crippen LogP contribution < -0.4 is 0 Å². The van der Waals surface area contributed by atoms with Crippen molar-refractivity contribution in [1.29, 1.82) is 0 Å². The highest BCUT2D eigenvalue weighted by Crippen LogP contribution is 2.42. The summed E-state index contributed by atoms with van der Waals surface area (Å²) in [5, 5.41) is 10.7. The predicted molar refractivity (Wildman–Crippen MR) is 108 cm³/mol. The second-order valence-electron chi connectivity index (χ2n) is 7.63. The Hall–Kier alpha value is -2.88. The van der Waals surface area contributed by atoms with E-state index in [1.807, 2.05) is 60.7 Å². The third-order valence-electron chi connectivity index (χ3n) is 5.86. The molecule has 0 spiro atoms. The first-order valence-electron chi connectivity index (χ1n) is 10.0. The number of benzene rings is 2. The highest BCUT2D eigenvalue weighted by atomic mass is 16.3. The molecule has 4 rings (SSSR count). The van der Waals surface area contributed by atoms with Gasteiger partial charge in [-0.2, -0.15) is 0 Å². The molecule has 2 aromatic carbocycles. The summed E-state index contributed by atoms with van der Waals surface area (Å²) in [5.41, 5.74) is 2.22. The highest BCUT2D eigenvalue weighted by Gasteiger charge is 2.46. The lowest BCUT2D eigenvalue weighted by Crippen LogP contribution is -2.38. The van der Waals surface area contributed by atoms with E-state index >= 15 is 0 Å². The van der Waals surface area contributed by atoms with Gasteiger partial charge >= 0.3 is 0 Å². The number of Topliss-reactive ketones (excluding diaryl/α,β-unsaturated/α-hetero) is 1. The summed E-state index contributed by atoms with van der Waals surface area (Å²) < 4.78 is 0. The number of rotatable bonds is 6. The van der Waals surface area contributed by atoms with E-state index in [-0.39, 0.29) is 29.6 Å². The van der Waals surface area contributed by atoms with Crippen LogP contribution in [0.15, 0.2) is 72.0 Å².